The number of aliphatic hydroxyl groups is 1. The zero-order valence-corrected chi connectivity index (χ0v) is 17.8. The Kier molecular flexibility index (Phi) is 9.95. The third-order valence-corrected chi connectivity index (χ3v) is 4.56. The van der Waals surface area contributed by atoms with Crippen LogP contribution < -0.4 is 11.1 Å². The maximum atomic E-state index is 13.7. The van der Waals surface area contributed by atoms with E-state index in [0.717, 1.165) is 35.0 Å². The van der Waals surface area contributed by atoms with Crippen LogP contribution >= 0.6 is 0 Å². The van der Waals surface area contributed by atoms with Gasteiger partial charge < -0.3 is 31.5 Å². The first-order valence-electron chi connectivity index (χ1n) is 9.80. The Labute approximate surface area is 183 Å². The molecule has 0 aliphatic rings. The molecule has 0 spiro atoms. The molecule has 0 fully saturated rings. The van der Waals surface area contributed by atoms with Crippen molar-refractivity contribution in [2.75, 3.05) is 11.9 Å². The van der Waals surface area contributed by atoms with Gasteiger partial charge in [-0.25, -0.2) is 9.18 Å². The summed E-state index contributed by atoms with van der Waals surface area (Å²) in [5.74, 6) is -5.26. The van der Waals surface area contributed by atoms with Gasteiger partial charge in [0.05, 0.1) is 24.0 Å². The van der Waals surface area contributed by atoms with Gasteiger partial charge in [-0.15, -0.1) is 0 Å². The van der Waals surface area contributed by atoms with Gasteiger partial charge in [0.25, 0.3) is 0 Å². The molecular weight excluding hydrogens is 425 g/mol. The van der Waals surface area contributed by atoms with E-state index >= 15 is 0 Å². The van der Waals surface area contributed by atoms with Crippen molar-refractivity contribution in [3.63, 3.8) is 0 Å². The third kappa shape index (κ3) is 8.08. The smallest absolute Gasteiger partial charge is 0.336 e. The Bertz CT molecular complexity index is 952. The highest BCUT2D eigenvalue weighted by Gasteiger charge is 2.40. The summed E-state index contributed by atoms with van der Waals surface area (Å²) in [6.07, 6.45) is 1.38. The fourth-order valence-corrected chi connectivity index (χ4v) is 2.94. The van der Waals surface area contributed by atoms with Crippen molar-refractivity contribution in [3.05, 3.63) is 35.8 Å². The zero-order chi connectivity index (χ0) is 24.5. The van der Waals surface area contributed by atoms with E-state index < -0.39 is 36.4 Å². The predicted molar refractivity (Wildman–Crippen MR) is 115 cm³/mol. The monoisotopic (exact) mass is 453 g/mol. The summed E-state index contributed by atoms with van der Waals surface area (Å²) in [5, 5.41) is 38.0. The first-order chi connectivity index (χ1) is 14.9. The second-order valence-electron chi connectivity index (χ2n) is 7.43. The number of anilines is 1. The molecule has 0 aliphatic heterocycles. The molecule has 0 saturated heterocycles. The van der Waals surface area contributed by atoms with Crippen molar-refractivity contribution in [2.24, 2.45) is 5.73 Å². The minimum atomic E-state index is -2.74. The van der Waals surface area contributed by atoms with Crippen molar-refractivity contribution >= 4 is 34.5 Å². The summed E-state index contributed by atoms with van der Waals surface area (Å²) in [5.41, 5.74) is 5.37. The highest BCUT2D eigenvalue weighted by Crippen LogP contribution is 2.26. The molecular formula is C21H28FN3O7. The predicted octanol–water partition coefficient (Wildman–Crippen LogP) is 1.97. The number of hydrogen-bond acceptors (Lipinski definition) is 7. The van der Waals surface area contributed by atoms with Crippen molar-refractivity contribution in [2.45, 2.75) is 51.2 Å². The standard InChI is InChI=1S/C15H20FN3.C6H8O7/c1-10-5-7-18-15-13(10)8-12(16)9-14(15)19-11(2)4-3-6-17;7-3(8)1-6(13,5(11)12)2-4(9)10/h5,7-9,11,19H,3-4,6,17H2,1-2H3;13H,1-2H2,(H,7,8)(H,9,10)(H,11,12). The fourth-order valence-electron chi connectivity index (χ4n) is 2.94. The van der Waals surface area contributed by atoms with Gasteiger partial charge in [0, 0.05) is 17.6 Å². The molecule has 1 heterocycles. The highest BCUT2D eigenvalue weighted by molar-refractivity contribution is 5.92. The summed E-state index contributed by atoms with van der Waals surface area (Å²) in [6, 6.07) is 5.18. The lowest BCUT2D eigenvalue weighted by Crippen LogP contribution is -2.42. The molecule has 0 radical (unpaired) electrons. The van der Waals surface area contributed by atoms with Gasteiger partial charge in [0.15, 0.2) is 5.60 Å². The summed E-state index contributed by atoms with van der Waals surface area (Å²) in [7, 11) is 0. The van der Waals surface area contributed by atoms with Crippen LogP contribution in [0.3, 0.4) is 0 Å². The molecule has 2 aromatic rings. The average molecular weight is 453 g/mol. The van der Waals surface area contributed by atoms with Crippen LogP contribution in [-0.2, 0) is 14.4 Å². The number of carboxylic acids is 3. The van der Waals surface area contributed by atoms with Crippen molar-refractivity contribution in [1.82, 2.24) is 4.98 Å². The Hall–Kier alpha value is -3.31. The molecule has 0 saturated carbocycles. The van der Waals surface area contributed by atoms with Crippen molar-refractivity contribution in [3.8, 4) is 0 Å². The zero-order valence-electron chi connectivity index (χ0n) is 17.8. The number of carbonyl (C=O) groups is 3. The maximum Gasteiger partial charge on any atom is 0.336 e. The van der Waals surface area contributed by atoms with E-state index in [9.17, 15) is 18.8 Å². The molecule has 176 valence electrons. The molecule has 10 nitrogen and oxygen atoms in total. The number of halogens is 1. The van der Waals surface area contributed by atoms with E-state index in [4.69, 9.17) is 26.2 Å². The van der Waals surface area contributed by atoms with E-state index in [1.54, 1.807) is 6.20 Å². The summed E-state index contributed by atoms with van der Waals surface area (Å²) >= 11 is 0. The average Bonchev–Trinajstić information content (AvgIpc) is 2.66. The van der Waals surface area contributed by atoms with Crippen LogP contribution in [0.5, 0.6) is 0 Å². The van der Waals surface area contributed by atoms with Crippen LogP contribution in [0.4, 0.5) is 10.1 Å². The van der Waals surface area contributed by atoms with Crippen LogP contribution in [0.15, 0.2) is 24.4 Å². The van der Waals surface area contributed by atoms with Gasteiger partial charge in [0.2, 0.25) is 0 Å². The number of nitrogens with two attached hydrogens (primary N) is 1. The number of rotatable bonds is 10. The van der Waals surface area contributed by atoms with E-state index in [0.29, 0.717) is 6.54 Å². The molecule has 1 aromatic carbocycles. The number of hydrogen-bond donors (Lipinski definition) is 6. The van der Waals surface area contributed by atoms with Crippen LogP contribution in [-0.4, -0.2) is 61.5 Å². The third-order valence-electron chi connectivity index (χ3n) is 4.56. The minimum Gasteiger partial charge on any atom is -0.481 e. The number of aliphatic carboxylic acids is 3. The van der Waals surface area contributed by atoms with Crippen LogP contribution in [0.25, 0.3) is 10.9 Å². The number of aryl methyl sites for hydroxylation is 1. The molecule has 1 unspecified atom stereocenters. The van der Waals surface area contributed by atoms with Gasteiger partial charge in [-0.2, -0.15) is 0 Å². The Morgan fingerprint density at radius 3 is 2.28 bits per heavy atom. The molecule has 2 rings (SSSR count). The second kappa shape index (κ2) is 11.9. The Balaban J connectivity index is 0.000000347. The summed E-state index contributed by atoms with van der Waals surface area (Å²) in [4.78, 5) is 34.8. The number of nitrogens with zero attached hydrogens (tertiary/aromatic N) is 1. The first-order valence-corrected chi connectivity index (χ1v) is 9.80. The molecule has 0 bridgehead atoms. The van der Waals surface area contributed by atoms with Crippen LogP contribution in [0, 0.1) is 12.7 Å². The number of carboxylic acid groups (broad SMARTS) is 3. The lowest BCUT2D eigenvalue weighted by Gasteiger charge is -2.18. The van der Waals surface area contributed by atoms with E-state index in [2.05, 4.69) is 17.2 Å². The first kappa shape index (κ1) is 26.7. The molecule has 1 aromatic heterocycles. The van der Waals surface area contributed by atoms with Crippen molar-refractivity contribution < 1.29 is 39.2 Å². The van der Waals surface area contributed by atoms with Crippen molar-refractivity contribution in [1.29, 1.82) is 0 Å². The molecule has 7 N–H and O–H groups in total. The Morgan fingerprint density at radius 2 is 1.78 bits per heavy atom. The Morgan fingerprint density at radius 1 is 1.19 bits per heavy atom. The lowest BCUT2D eigenvalue weighted by atomic mass is 9.96. The van der Waals surface area contributed by atoms with E-state index in [1.807, 2.05) is 13.0 Å². The van der Waals surface area contributed by atoms with Crippen LogP contribution in [0.2, 0.25) is 0 Å². The molecule has 11 heteroatoms. The number of fused-ring (bicyclic) bond motifs is 1. The van der Waals surface area contributed by atoms with E-state index in [-0.39, 0.29) is 11.9 Å². The van der Waals surface area contributed by atoms with Crippen LogP contribution in [0.1, 0.15) is 38.2 Å². The maximum absolute atomic E-state index is 13.7. The normalized spacial score (nSPS) is 11.9. The fraction of sp³-hybridized carbons (Fsp3) is 0.429. The number of benzene rings is 1. The molecule has 0 amide bonds. The SMILES string of the molecule is Cc1ccnc2c(NC(C)CCCN)cc(F)cc12.O=C(O)CC(O)(CC(=O)O)C(=O)O. The van der Waals surface area contributed by atoms with Gasteiger partial charge in [-0.05, 0) is 57.0 Å². The summed E-state index contributed by atoms with van der Waals surface area (Å²) in [6.45, 7) is 4.71. The van der Waals surface area contributed by atoms with Gasteiger partial charge in [-0.1, -0.05) is 0 Å². The van der Waals surface area contributed by atoms with Gasteiger partial charge in [0.1, 0.15) is 5.82 Å². The summed E-state index contributed by atoms with van der Waals surface area (Å²) < 4.78 is 13.7. The van der Waals surface area contributed by atoms with Gasteiger partial charge in [-0.3, -0.25) is 14.6 Å². The molecule has 32 heavy (non-hydrogen) atoms. The quantitative estimate of drug-likeness (QED) is 0.311. The minimum absolute atomic E-state index is 0.239. The van der Waals surface area contributed by atoms with E-state index in [1.165, 1.54) is 12.1 Å². The molecule has 1 atom stereocenters. The lowest BCUT2D eigenvalue weighted by molar-refractivity contribution is -0.170. The second-order valence-corrected chi connectivity index (χ2v) is 7.43. The highest BCUT2D eigenvalue weighted by atomic mass is 19.1. The number of nitrogens with one attached hydrogen (secondary N) is 1. The number of aromatic nitrogens is 1. The number of pyridine rings is 1. The van der Waals surface area contributed by atoms with Gasteiger partial charge >= 0.3 is 17.9 Å². The molecule has 0 aliphatic carbocycles. The topological polar surface area (TPSA) is 183 Å². The largest absolute Gasteiger partial charge is 0.481 e.